The summed E-state index contributed by atoms with van der Waals surface area (Å²) in [6, 6.07) is 7.84. The van der Waals surface area contributed by atoms with Crippen molar-refractivity contribution in [3.8, 4) is 5.75 Å². The summed E-state index contributed by atoms with van der Waals surface area (Å²) < 4.78 is 5.84. The van der Waals surface area contributed by atoms with Crippen LogP contribution >= 0.6 is 11.3 Å². The molecule has 0 saturated carbocycles. The van der Waals surface area contributed by atoms with E-state index in [0.717, 1.165) is 25.1 Å². The zero-order valence-corrected chi connectivity index (χ0v) is 13.1. The molecule has 1 N–H and O–H groups in total. The highest BCUT2D eigenvalue weighted by Gasteiger charge is 2.27. The number of nitrogens with one attached hydrogen (secondary N) is 1. The molecule has 6 heteroatoms. The maximum Gasteiger partial charge on any atom is 0.317 e. The third-order valence-electron chi connectivity index (χ3n) is 3.60. The van der Waals surface area contributed by atoms with Crippen LogP contribution in [0.2, 0.25) is 0 Å². The quantitative estimate of drug-likeness (QED) is 0.922. The minimum absolute atomic E-state index is 0.00570. The molecule has 1 fully saturated rings. The monoisotopic (exact) mass is 317 g/mol. The fraction of sp³-hybridized carbons (Fsp3) is 0.375. The third-order valence-corrected chi connectivity index (χ3v) is 4.53. The van der Waals surface area contributed by atoms with E-state index in [-0.39, 0.29) is 12.1 Å². The second-order valence-electron chi connectivity index (χ2n) is 5.22. The first-order chi connectivity index (χ1) is 10.8. The number of pyridine rings is 1. The lowest BCUT2D eigenvalue weighted by atomic mass is 10.3. The van der Waals surface area contributed by atoms with Crippen molar-refractivity contribution in [1.82, 2.24) is 15.2 Å². The molecule has 1 atom stereocenters. The number of likely N-dealkylation sites (tertiary alicyclic amines) is 1. The Kier molecular flexibility index (Phi) is 4.90. The van der Waals surface area contributed by atoms with Crippen LogP contribution in [0.25, 0.3) is 0 Å². The van der Waals surface area contributed by atoms with Gasteiger partial charge < -0.3 is 15.0 Å². The van der Waals surface area contributed by atoms with Crippen LogP contribution in [0, 0.1) is 0 Å². The zero-order valence-electron chi connectivity index (χ0n) is 12.3. The van der Waals surface area contributed by atoms with Gasteiger partial charge in [0.05, 0.1) is 12.7 Å². The molecule has 0 radical (unpaired) electrons. The molecule has 3 heterocycles. The van der Waals surface area contributed by atoms with E-state index in [1.807, 2.05) is 23.1 Å². The van der Waals surface area contributed by atoms with Gasteiger partial charge in [0.1, 0.15) is 11.9 Å². The van der Waals surface area contributed by atoms with Crippen molar-refractivity contribution in [2.24, 2.45) is 0 Å². The summed E-state index contributed by atoms with van der Waals surface area (Å²) in [5, 5.41) is 5.03. The Morgan fingerprint density at radius 3 is 3.18 bits per heavy atom. The minimum atomic E-state index is -0.00570. The van der Waals surface area contributed by atoms with E-state index in [2.05, 4.69) is 21.7 Å². The minimum Gasteiger partial charge on any atom is -0.487 e. The molecule has 22 heavy (non-hydrogen) atoms. The predicted molar refractivity (Wildman–Crippen MR) is 86.3 cm³/mol. The predicted octanol–water partition coefficient (Wildman–Crippen LogP) is 2.55. The number of hydrogen-bond acceptors (Lipinski definition) is 4. The van der Waals surface area contributed by atoms with Gasteiger partial charge in [-0.05, 0) is 30.0 Å². The summed E-state index contributed by atoms with van der Waals surface area (Å²) in [5.74, 6) is 0.757. The van der Waals surface area contributed by atoms with Gasteiger partial charge >= 0.3 is 6.03 Å². The Balaban J connectivity index is 1.41. The van der Waals surface area contributed by atoms with Crippen LogP contribution in [0.5, 0.6) is 5.75 Å². The first-order valence-corrected chi connectivity index (χ1v) is 8.31. The van der Waals surface area contributed by atoms with E-state index in [9.17, 15) is 4.79 Å². The highest BCUT2D eigenvalue weighted by Crippen LogP contribution is 2.17. The highest BCUT2D eigenvalue weighted by atomic mass is 32.1. The van der Waals surface area contributed by atoms with Crippen molar-refractivity contribution in [1.29, 1.82) is 0 Å². The van der Waals surface area contributed by atoms with Crippen molar-refractivity contribution >= 4 is 17.4 Å². The molecule has 3 rings (SSSR count). The van der Waals surface area contributed by atoms with Crippen molar-refractivity contribution in [3.05, 3.63) is 46.9 Å². The summed E-state index contributed by atoms with van der Waals surface area (Å²) >= 11 is 1.72. The number of amides is 2. The van der Waals surface area contributed by atoms with Gasteiger partial charge in [-0.3, -0.25) is 4.98 Å². The number of hydrogen-bond donors (Lipinski definition) is 1. The Bertz CT molecular complexity index is 589. The van der Waals surface area contributed by atoms with E-state index < -0.39 is 0 Å². The van der Waals surface area contributed by atoms with Gasteiger partial charge in [0.25, 0.3) is 0 Å². The summed E-state index contributed by atoms with van der Waals surface area (Å²) in [4.78, 5) is 19.3. The van der Waals surface area contributed by atoms with E-state index in [0.29, 0.717) is 13.1 Å². The second-order valence-corrected chi connectivity index (χ2v) is 6.26. The maximum atomic E-state index is 12.1. The van der Waals surface area contributed by atoms with E-state index in [4.69, 9.17) is 4.74 Å². The molecule has 2 aromatic rings. The fourth-order valence-corrected chi connectivity index (χ4v) is 3.19. The second kappa shape index (κ2) is 7.26. The van der Waals surface area contributed by atoms with E-state index >= 15 is 0 Å². The van der Waals surface area contributed by atoms with Crippen LogP contribution in [0.15, 0.2) is 42.0 Å². The lowest BCUT2D eigenvalue weighted by Crippen LogP contribution is -2.40. The number of nitrogens with zero attached hydrogens (tertiary/aromatic N) is 2. The average Bonchev–Trinajstić information content (AvgIpc) is 3.20. The standard InChI is InChI=1S/C16H19N3O2S/c20-16(18-8-5-15-4-2-10-22-15)19-9-6-14(12-19)21-13-3-1-7-17-11-13/h1-4,7,10-11,14H,5-6,8-9,12H2,(H,18,20)/t14-/m0/s1. The molecule has 0 aliphatic carbocycles. The number of urea groups is 1. The van der Waals surface area contributed by atoms with Gasteiger partial charge in [0.15, 0.2) is 0 Å². The van der Waals surface area contributed by atoms with Crippen LogP contribution in [0.3, 0.4) is 0 Å². The van der Waals surface area contributed by atoms with E-state index in [1.54, 1.807) is 23.7 Å². The Labute approximate surface area is 133 Å². The molecule has 0 unspecified atom stereocenters. The molecule has 116 valence electrons. The molecule has 1 aliphatic rings. The van der Waals surface area contributed by atoms with Crippen LogP contribution in [0.4, 0.5) is 4.79 Å². The first kappa shape index (κ1) is 14.8. The third kappa shape index (κ3) is 3.98. The van der Waals surface area contributed by atoms with Crippen molar-refractivity contribution in [3.63, 3.8) is 0 Å². The first-order valence-electron chi connectivity index (χ1n) is 7.43. The summed E-state index contributed by atoms with van der Waals surface area (Å²) in [7, 11) is 0. The molecule has 0 aromatic carbocycles. The van der Waals surface area contributed by atoms with Crippen molar-refractivity contribution in [2.45, 2.75) is 18.9 Å². The van der Waals surface area contributed by atoms with Gasteiger partial charge in [-0.15, -0.1) is 11.3 Å². The van der Waals surface area contributed by atoms with Gasteiger partial charge in [-0.1, -0.05) is 6.07 Å². The molecule has 5 nitrogen and oxygen atoms in total. The zero-order chi connectivity index (χ0) is 15.2. The smallest absolute Gasteiger partial charge is 0.317 e. The molecule has 0 spiro atoms. The number of thiophene rings is 1. The molecule has 1 saturated heterocycles. The molecular formula is C16H19N3O2S. The Morgan fingerprint density at radius 1 is 1.45 bits per heavy atom. The number of carbonyl (C=O) groups is 1. The van der Waals surface area contributed by atoms with Crippen LogP contribution < -0.4 is 10.1 Å². The molecule has 2 aromatic heterocycles. The fourth-order valence-electron chi connectivity index (χ4n) is 2.48. The van der Waals surface area contributed by atoms with Gasteiger partial charge in [0.2, 0.25) is 0 Å². The Morgan fingerprint density at radius 2 is 2.41 bits per heavy atom. The molecule has 0 bridgehead atoms. The molecule has 2 amide bonds. The summed E-state index contributed by atoms with van der Waals surface area (Å²) in [6.45, 7) is 2.03. The van der Waals surface area contributed by atoms with Crippen LogP contribution in [-0.4, -0.2) is 41.7 Å². The lowest BCUT2D eigenvalue weighted by Gasteiger charge is -2.17. The van der Waals surface area contributed by atoms with Crippen LogP contribution in [-0.2, 0) is 6.42 Å². The number of carbonyl (C=O) groups excluding carboxylic acids is 1. The highest BCUT2D eigenvalue weighted by molar-refractivity contribution is 7.09. The summed E-state index contributed by atoms with van der Waals surface area (Å²) in [6.07, 6.45) is 5.20. The maximum absolute atomic E-state index is 12.1. The molecule has 1 aliphatic heterocycles. The SMILES string of the molecule is O=C(NCCc1cccs1)N1CC[C@H](Oc2cccnc2)C1. The van der Waals surface area contributed by atoms with E-state index in [1.165, 1.54) is 4.88 Å². The lowest BCUT2D eigenvalue weighted by molar-refractivity contribution is 0.187. The summed E-state index contributed by atoms with van der Waals surface area (Å²) in [5.41, 5.74) is 0. The van der Waals surface area contributed by atoms with Crippen molar-refractivity contribution < 1.29 is 9.53 Å². The normalized spacial score (nSPS) is 17.5. The van der Waals surface area contributed by atoms with Crippen molar-refractivity contribution in [2.75, 3.05) is 19.6 Å². The number of aromatic nitrogens is 1. The van der Waals surface area contributed by atoms with Gasteiger partial charge in [0, 0.05) is 30.6 Å². The Hall–Kier alpha value is -2.08. The van der Waals surface area contributed by atoms with Crippen LogP contribution in [0.1, 0.15) is 11.3 Å². The average molecular weight is 317 g/mol. The molecular weight excluding hydrogens is 298 g/mol. The number of ether oxygens (including phenoxy) is 1. The van der Waals surface area contributed by atoms with Gasteiger partial charge in [-0.2, -0.15) is 0 Å². The number of rotatable bonds is 5. The largest absolute Gasteiger partial charge is 0.487 e. The van der Waals surface area contributed by atoms with Gasteiger partial charge in [-0.25, -0.2) is 4.79 Å². The topological polar surface area (TPSA) is 54.5 Å².